The zero-order chi connectivity index (χ0) is 14.4. The van der Waals surface area contributed by atoms with Gasteiger partial charge < -0.3 is 10.4 Å². The number of hydrogen-bond acceptors (Lipinski definition) is 5. The molecule has 0 saturated heterocycles. The molecule has 0 spiro atoms. The van der Waals surface area contributed by atoms with Crippen molar-refractivity contribution in [2.75, 3.05) is 5.32 Å². The summed E-state index contributed by atoms with van der Waals surface area (Å²) in [5.41, 5.74) is 1.31. The summed E-state index contributed by atoms with van der Waals surface area (Å²) in [6.07, 6.45) is 1.01. The molecule has 1 aromatic rings. The van der Waals surface area contributed by atoms with Gasteiger partial charge in [-0.05, 0) is 20.3 Å². The number of carboxylic acid groups (broad SMARTS) is 1. The molecule has 0 aliphatic rings. The lowest BCUT2D eigenvalue weighted by molar-refractivity contribution is -0.139. The summed E-state index contributed by atoms with van der Waals surface area (Å²) in [6, 6.07) is -1.59. The van der Waals surface area contributed by atoms with E-state index >= 15 is 0 Å². The molecule has 104 valence electrons. The second-order valence-corrected chi connectivity index (χ2v) is 4.08. The van der Waals surface area contributed by atoms with Gasteiger partial charge in [-0.1, -0.05) is 13.3 Å². The molecule has 1 aromatic heterocycles. The number of nitrogens with zero attached hydrogens (tertiary/aromatic N) is 3. The Labute approximate surface area is 110 Å². The second kappa shape index (κ2) is 6.62. The Morgan fingerprint density at radius 3 is 2.47 bits per heavy atom. The quantitative estimate of drug-likeness (QED) is 0.728. The summed E-state index contributed by atoms with van der Waals surface area (Å²) < 4.78 is 0. The molecule has 2 amide bonds. The van der Waals surface area contributed by atoms with Gasteiger partial charge in [-0.25, -0.2) is 14.6 Å². The third kappa shape index (κ3) is 4.49. The van der Waals surface area contributed by atoms with Crippen LogP contribution in [0.5, 0.6) is 0 Å². The number of carbonyl (C=O) groups is 2. The number of rotatable bonds is 5. The molecular formula is C11H17N5O3. The molecule has 1 heterocycles. The highest BCUT2D eigenvalue weighted by atomic mass is 16.4. The van der Waals surface area contributed by atoms with Crippen LogP contribution in [0.15, 0.2) is 0 Å². The van der Waals surface area contributed by atoms with E-state index in [1.807, 2.05) is 6.92 Å². The number of nitrogens with one attached hydrogen (secondary N) is 2. The molecule has 0 fully saturated rings. The maximum absolute atomic E-state index is 11.6. The predicted octanol–water partition coefficient (Wildman–Crippen LogP) is 0.863. The average molecular weight is 267 g/mol. The zero-order valence-electron chi connectivity index (χ0n) is 11.1. The van der Waals surface area contributed by atoms with E-state index in [2.05, 4.69) is 25.8 Å². The van der Waals surface area contributed by atoms with Crippen LogP contribution < -0.4 is 10.6 Å². The molecule has 19 heavy (non-hydrogen) atoms. The molecule has 0 unspecified atom stereocenters. The minimum Gasteiger partial charge on any atom is -0.480 e. The topological polar surface area (TPSA) is 117 Å². The Morgan fingerprint density at radius 2 is 1.95 bits per heavy atom. The Balaban J connectivity index is 2.63. The van der Waals surface area contributed by atoms with Crippen molar-refractivity contribution in [3.8, 4) is 0 Å². The van der Waals surface area contributed by atoms with Gasteiger partial charge in [0.25, 0.3) is 5.95 Å². The van der Waals surface area contributed by atoms with Gasteiger partial charge >= 0.3 is 12.0 Å². The van der Waals surface area contributed by atoms with E-state index in [9.17, 15) is 9.59 Å². The van der Waals surface area contributed by atoms with Gasteiger partial charge in [-0.15, -0.1) is 5.10 Å². The number of aliphatic carboxylic acids is 1. The molecule has 0 saturated carbocycles. The van der Waals surface area contributed by atoms with Crippen molar-refractivity contribution in [1.82, 2.24) is 20.5 Å². The first-order valence-electron chi connectivity index (χ1n) is 5.92. The molecule has 3 N–H and O–H groups in total. The van der Waals surface area contributed by atoms with Crippen molar-refractivity contribution in [1.29, 1.82) is 0 Å². The average Bonchev–Trinajstić information content (AvgIpc) is 2.33. The third-order valence-corrected chi connectivity index (χ3v) is 2.50. The number of amides is 2. The second-order valence-electron chi connectivity index (χ2n) is 4.08. The molecule has 0 aliphatic carbocycles. The van der Waals surface area contributed by atoms with E-state index in [1.54, 1.807) is 13.8 Å². The van der Waals surface area contributed by atoms with Crippen LogP contribution in [0.1, 0.15) is 31.2 Å². The predicted molar refractivity (Wildman–Crippen MR) is 67.8 cm³/mol. The van der Waals surface area contributed by atoms with Gasteiger partial charge in [-0.3, -0.25) is 5.32 Å². The maximum Gasteiger partial charge on any atom is 0.326 e. The highest BCUT2D eigenvalue weighted by Crippen LogP contribution is 2.02. The van der Waals surface area contributed by atoms with Crippen molar-refractivity contribution < 1.29 is 14.7 Å². The van der Waals surface area contributed by atoms with Gasteiger partial charge in [-0.2, -0.15) is 5.10 Å². The lowest BCUT2D eigenvalue weighted by Crippen LogP contribution is -2.43. The van der Waals surface area contributed by atoms with Crippen molar-refractivity contribution in [2.24, 2.45) is 0 Å². The molecular weight excluding hydrogens is 250 g/mol. The summed E-state index contributed by atoms with van der Waals surface area (Å²) in [4.78, 5) is 26.5. The van der Waals surface area contributed by atoms with Crippen LogP contribution >= 0.6 is 0 Å². The number of aryl methyl sites for hydroxylation is 2. The maximum atomic E-state index is 11.6. The highest BCUT2D eigenvalue weighted by Gasteiger charge is 2.19. The first-order valence-corrected chi connectivity index (χ1v) is 5.92. The minimum atomic E-state index is -1.07. The zero-order valence-corrected chi connectivity index (χ0v) is 11.1. The fraction of sp³-hybridized carbons (Fsp3) is 0.545. The third-order valence-electron chi connectivity index (χ3n) is 2.50. The molecule has 1 atom stereocenters. The number of hydrogen-bond donors (Lipinski definition) is 3. The highest BCUT2D eigenvalue weighted by molar-refractivity contribution is 5.90. The van der Waals surface area contributed by atoms with Gasteiger partial charge in [0.1, 0.15) is 6.04 Å². The summed E-state index contributed by atoms with van der Waals surface area (Å²) in [5.74, 6) is -1.03. The molecule has 0 aromatic carbocycles. The number of aromatic nitrogens is 3. The van der Waals surface area contributed by atoms with Crippen LogP contribution in [0.25, 0.3) is 0 Å². The van der Waals surface area contributed by atoms with Crippen LogP contribution in [-0.4, -0.2) is 38.3 Å². The Bertz CT molecular complexity index is 477. The van der Waals surface area contributed by atoms with Crippen LogP contribution in [0.2, 0.25) is 0 Å². The Kier molecular flexibility index (Phi) is 5.16. The number of urea groups is 1. The van der Waals surface area contributed by atoms with E-state index in [4.69, 9.17) is 5.11 Å². The Hall–Kier alpha value is -2.25. The summed E-state index contributed by atoms with van der Waals surface area (Å²) >= 11 is 0. The number of carbonyl (C=O) groups excluding carboxylic acids is 1. The van der Waals surface area contributed by atoms with Crippen LogP contribution in [-0.2, 0) is 4.79 Å². The molecule has 0 aliphatic heterocycles. The largest absolute Gasteiger partial charge is 0.480 e. The first-order chi connectivity index (χ1) is 8.93. The lowest BCUT2D eigenvalue weighted by atomic mass is 10.2. The molecule has 0 radical (unpaired) electrons. The van der Waals surface area contributed by atoms with Crippen molar-refractivity contribution >= 4 is 17.9 Å². The first kappa shape index (κ1) is 14.8. The van der Waals surface area contributed by atoms with E-state index in [-0.39, 0.29) is 5.95 Å². The van der Waals surface area contributed by atoms with Crippen molar-refractivity contribution in [3.05, 3.63) is 11.4 Å². The lowest BCUT2D eigenvalue weighted by Gasteiger charge is -2.13. The Morgan fingerprint density at radius 1 is 1.26 bits per heavy atom. The number of carboxylic acids is 1. The van der Waals surface area contributed by atoms with E-state index < -0.39 is 18.0 Å². The van der Waals surface area contributed by atoms with Crippen LogP contribution in [0, 0.1) is 13.8 Å². The van der Waals surface area contributed by atoms with Crippen LogP contribution in [0.3, 0.4) is 0 Å². The molecule has 0 bridgehead atoms. The summed E-state index contributed by atoms with van der Waals surface area (Å²) in [6.45, 7) is 5.33. The fourth-order valence-corrected chi connectivity index (χ4v) is 1.35. The summed E-state index contributed by atoms with van der Waals surface area (Å²) in [5, 5.41) is 21.1. The van der Waals surface area contributed by atoms with E-state index in [1.165, 1.54) is 0 Å². The number of anilines is 1. The normalized spacial score (nSPS) is 11.7. The minimum absolute atomic E-state index is 0.0428. The monoisotopic (exact) mass is 267 g/mol. The molecule has 8 nitrogen and oxygen atoms in total. The van der Waals surface area contributed by atoms with E-state index in [0.29, 0.717) is 24.2 Å². The van der Waals surface area contributed by atoms with Gasteiger partial charge in [0.2, 0.25) is 0 Å². The van der Waals surface area contributed by atoms with E-state index in [0.717, 1.165) is 0 Å². The SMILES string of the molecule is CCC[C@@H](NC(=O)Nc1nnc(C)c(C)n1)C(=O)O. The van der Waals surface area contributed by atoms with Gasteiger partial charge in [0.05, 0.1) is 11.4 Å². The summed E-state index contributed by atoms with van der Waals surface area (Å²) in [7, 11) is 0. The van der Waals surface area contributed by atoms with Crippen molar-refractivity contribution in [2.45, 2.75) is 39.7 Å². The van der Waals surface area contributed by atoms with Crippen molar-refractivity contribution in [3.63, 3.8) is 0 Å². The fourth-order valence-electron chi connectivity index (χ4n) is 1.35. The van der Waals surface area contributed by atoms with Gasteiger partial charge in [0, 0.05) is 0 Å². The smallest absolute Gasteiger partial charge is 0.326 e. The van der Waals surface area contributed by atoms with Crippen LogP contribution in [0.4, 0.5) is 10.7 Å². The molecule has 1 rings (SSSR count). The molecule has 8 heteroatoms. The van der Waals surface area contributed by atoms with Gasteiger partial charge in [0.15, 0.2) is 0 Å². The standard InChI is InChI=1S/C11H17N5O3/c1-4-5-8(9(17)18)13-11(19)14-10-12-6(2)7(3)15-16-10/h8H,4-5H2,1-3H3,(H,17,18)(H2,12,13,14,16,19)/t8-/m1/s1.